The normalized spacial score (nSPS) is 14.8. The Morgan fingerprint density at radius 1 is 1.29 bits per heavy atom. The molecule has 0 saturated heterocycles. The fourth-order valence-corrected chi connectivity index (χ4v) is 5.21. The fraction of sp³-hybridized carbons (Fsp3) is 0.263. The summed E-state index contributed by atoms with van der Waals surface area (Å²) in [4.78, 5) is 24.8. The lowest BCUT2D eigenvalue weighted by Crippen LogP contribution is -2.25. The maximum absolute atomic E-state index is 12.9. The second kappa shape index (κ2) is 8.14. The van der Waals surface area contributed by atoms with Gasteiger partial charge in [0, 0.05) is 11.3 Å². The molecule has 1 aliphatic heterocycles. The zero-order valence-electron chi connectivity index (χ0n) is 15.3. The van der Waals surface area contributed by atoms with Gasteiger partial charge in [0.15, 0.2) is 9.84 Å². The lowest BCUT2D eigenvalue weighted by Gasteiger charge is -2.19. The molecule has 2 N–H and O–H groups in total. The Hall–Kier alpha value is -2.03. The summed E-state index contributed by atoms with van der Waals surface area (Å²) in [6.07, 6.45) is -0.218. The van der Waals surface area contributed by atoms with E-state index in [1.807, 2.05) is 6.92 Å². The van der Waals surface area contributed by atoms with E-state index in [-0.39, 0.29) is 17.2 Å². The minimum absolute atomic E-state index is 0.0720. The number of anilines is 2. The molecular weight excluding hydrogens is 420 g/mol. The molecule has 28 heavy (non-hydrogen) atoms. The van der Waals surface area contributed by atoms with Crippen molar-refractivity contribution in [3.05, 3.63) is 47.0 Å². The van der Waals surface area contributed by atoms with Crippen LogP contribution in [0.25, 0.3) is 0 Å². The summed E-state index contributed by atoms with van der Waals surface area (Å²) in [5.41, 5.74) is 1.87. The molecule has 0 saturated carbocycles. The number of halogens is 1. The molecule has 0 aliphatic carbocycles. The third kappa shape index (κ3) is 4.51. The van der Waals surface area contributed by atoms with Crippen molar-refractivity contribution in [3.63, 3.8) is 0 Å². The number of aryl methyl sites for hydroxylation is 1. The Kier molecular flexibility index (Phi) is 6.02. The Morgan fingerprint density at radius 3 is 2.75 bits per heavy atom. The predicted molar refractivity (Wildman–Crippen MR) is 112 cm³/mol. The second-order valence-corrected chi connectivity index (χ2v) is 10.4. The molecule has 0 bridgehead atoms. The van der Waals surface area contributed by atoms with Crippen LogP contribution in [-0.4, -0.2) is 31.2 Å². The summed E-state index contributed by atoms with van der Waals surface area (Å²) in [6, 6.07) is 9.82. The van der Waals surface area contributed by atoms with Gasteiger partial charge >= 0.3 is 0 Å². The number of amides is 2. The first-order valence-corrected chi connectivity index (χ1v) is 11.4. The van der Waals surface area contributed by atoms with Gasteiger partial charge in [-0.2, -0.15) is 0 Å². The minimum atomic E-state index is -3.75. The highest BCUT2D eigenvalue weighted by Gasteiger charge is 2.27. The van der Waals surface area contributed by atoms with E-state index in [0.717, 1.165) is 10.5 Å². The third-order valence-corrected chi connectivity index (χ3v) is 7.84. The van der Waals surface area contributed by atoms with E-state index in [1.165, 1.54) is 30.8 Å². The Bertz CT molecular complexity index is 1050. The van der Waals surface area contributed by atoms with Crippen molar-refractivity contribution in [1.29, 1.82) is 0 Å². The molecule has 1 heterocycles. The molecule has 1 unspecified atom stereocenters. The molecule has 148 valence electrons. The van der Waals surface area contributed by atoms with Gasteiger partial charge in [-0.15, -0.1) is 11.8 Å². The predicted octanol–water partition coefficient (Wildman–Crippen LogP) is 3.88. The van der Waals surface area contributed by atoms with E-state index in [4.69, 9.17) is 11.6 Å². The van der Waals surface area contributed by atoms with Crippen molar-refractivity contribution < 1.29 is 18.0 Å². The van der Waals surface area contributed by atoms with Crippen LogP contribution in [0.2, 0.25) is 5.02 Å². The summed E-state index contributed by atoms with van der Waals surface area (Å²) in [6.45, 7) is 3.37. The van der Waals surface area contributed by atoms with E-state index in [9.17, 15) is 18.0 Å². The van der Waals surface area contributed by atoms with Crippen molar-refractivity contribution in [2.45, 2.75) is 35.3 Å². The topological polar surface area (TPSA) is 92.3 Å². The summed E-state index contributed by atoms with van der Waals surface area (Å²) >= 11 is 7.46. The molecule has 0 fully saturated rings. The highest BCUT2D eigenvalue weighted by atomic mass is 35.5. The molecule has 0 spiro atoms. The Balaban J connectivity index is 1.74. The Morgan fingerprint density at radius 2 is 2.04 bits per heavy atom. The number of carbonyl (C=O) groups is 2. The number of hydrogen-bond donors (Lipinski definition) is 2. The van der Waals surface area contributed by atoms with Crippen molar-refractivity contribution in [3.8, 4) is 0 Å². The first-order valence-electron chi connectivity index (χ1n) is 8.53. The monoisotopic (exact) mass is 438 g/mol. The lowest BCUT2D eigenvalue weighted by atomic mass is 10.2. The smallest absolute Gasteiger partial charge is 0.234 e. The van der Waals surface area contributed by atoms with Gasteiger partial charge in [0.25, 0.3) is 0 Å². The van der Waals surface area contributed by atoms with Crippen LogP contribution >= 0.6 is 23.4 Å². The summed E-state index contributed by atoms with van der Waals surface area (Å²) in [5.74, 6) is -0.310. The van der Waals surface area contributed by atoms with Crippen LogP contribution in [0.5, 0.6) is 0 Å². The maximum atomic E-state index is 12.9. The second-order valence-electron chi connectivity index (χ2n) is 6.59. The van der Waals surface area contributed by atoms with Gasteiger partial charge in [0.1, 0.15) is 0 Å². The number of benzene rings is 2. The molecule has 0 aromatic heterocycles. The van der Waals surface area contributed by atoms with Gasteiger partial charge in [0.05, 0.1) is 32.3 Å². The molecule has 2 aromatic carbocycles. The van der Waals surface area contributed by atoms with Crippen molar-refractivity contribution in [2.75, 3.05) is 16.4 Å². The number of fused-ring (bicyclic) bond motifs is 1. The van der Waals surface area contributed by atoms with Gasteiger partial charge in [-0.25, -0.2) is 8.42 Å². The fourth-order valence-electron chi connectivity index (χ4n) is 2.77. The number of sulfone groups is 1. The molecule has 9 heteroatoms. The van der Waals surface area contributed by atoms with Crippen LogP contribution in [0.4, 0.5) is 11.4 Å². The largest absolute Gasteiger partial charge is 0.325 e. The van der Waals surface area contributed by atoms with E-state index in [0.29, 0.717) is 22.2 Å². The van der Waals surface area contributed by atoms with Crippen molar-refractivity contribution >= 4 is 56.4 Å². The van der Waals surface area contributed by atoms with E-state index in [2.05, 4.69) is 10.6 Å². The summed E-state index contributed by atoms with van der Waals surface area (Å²) in [5, 5.41) is 4.78. The molecule has 1 atom stereocenters. The SMILES string of the molecule is Cc1ccc(NC(=O)CC(C)S(=O)(=O)c2ccc3c(c2)NC(=O)CS3)c(Cl)c1. The zero-order valence-corrected chi connectivity index (χ0v) is 17.7. The number of carbonyl (C=O) groups excluding carboxylic acids is 2. The molecule has 2 amide bonds. The zero-order chi connectivity index (χ0) is 20.5. The van der Waals surface area contributed by atoms with Gasteiger partial charge < -0.3 is 10.6 Å². The quantitative estimate of drug-likeness (QED) is 0.738. The number of hydrogen-bond acceptors (Lipinski definition) is 5. The average Bonchev–Trinajstić information content (AvgIpc) is 2.63. The van der Waals surface area contributed by atoms with Crippen LogP contribution in [-0.2, 0) is 19.4 Å². The maximum Gasteiger partial charge on any atom is 0.234 e. The highest BCUT2D eigenvalue weighted by Crippen LogP contribution is 2.34. The standard InChI is InChI=1S/C19H19ClN2O4S2/c1-11-3-5-15(14(20)7-11)21-18(23)8-12(2)28(25,26)13-4-6-17-16(9-13)22-19(24)10-27-17/h3-7,9,12H,8,10H2,1-2H3,(H,21,23)(H,22,24). The Labute approximate surface area is 173 Å². The summed E-state index contributed by atoms with van der Waals surface area (Å²) in [7, 11) is -3.75. The highest BCUT2D eigenvalue weighted by molar-refractivity contribution is 8.00. The third-order valence-electron chi connectivity index (χ3n) is 4.31. The van der Waals surface area contributed by atoms with E-state index in [1.54, 1.807) is 24.3 Å². The summed E-state index contributed by atoms with van der Waals surface area (Å²) < 4.78 is 25.7. The van der Waals surface area contributed by atoms with Crippen LogP contribution in [0.1, 0.15) is 18.9 Å². The minimum Gasteiger partial charge on any atom is -0.325 e. The van der Waals surface area contributed by atoms with Crippen molar-refractivity contribution in [2.24, 2.45) is 0 Å². The van der Waals surface area contributed by atoms with Crippen LogP contribution < -0.4 is 10.6 Å². The average molecular weight is 439 g/mol. The first kappa shape index (κ1) is 20.7. The molecule has 1 aliphatic rings. The number of nitrogens with one attached hydrogen (secondary N) is 2. The van der Waals surface area contributed by atoms with Gasteiger partial charge in [-0.1, -0.05) is 17.7 Å². The van der Waals surface area contributed by atoms with Crippen LogP contribution in [0.15, 0.2) is 46.2 Å². The number of thioether (sulfide) groups is 1. The molecule has 3 rings (SSSR count). The number of rotatable bonds is 5. The van der Waals surface area contributed by atoms with Gasteiger partial charge in [-0.3, -0.25) is 9.59 Å². The molecule has 0 radical (unpaired) electrons. The van der Waals surface area contributed by atoms with Gasteiger partial charge in [-0.05, 0) is 49.7 Å². The molecular formula is C19H19ClN2O4S2. The van der Waals surface area contributed by atoms with Crippen LogP contribution in [0, 0.1) is 6.92 Å². The first-order chi connectivity index (χ1) is 13.2. The molecule has 6 nitrogen and oxygen atoms in total. The molecule has 2 aromatic rings. The van der Waals surface area contributed by atoms with Crippen LogP contribution in [0.3, 0.4) is 0 Å². The van der Waals surface area contributed by atoms with E-state index < -0.39 is 21.0 Å². The lowest BCUT2D eigenvalue weighted by molar-refractivity contribution is -0.116. The van der Waals surface area contributed by atoms with Crippen molar-refractivity contribution in [1.82, 2.24) is 0 Å². The van der Waals surface area contributed by atoms with E-state index >= 15 is 0 Å². The van der Waals surface area contributed by atoms with Gasteiger partial charge in [0.2, 0.25) is 11.8 Å².